The predicted molar refractivity (Wildman–Crippen MR) is 158 cm³/mol. The highest BCUT2D eigenvalue weighted by molar-refractivity contribution is 7.99. The van der Waals surface area contributed by atoms with Gasteiger partial charge >= 0.3 is 0 Å². The average Bonchev–Trinajstić information content (AvgIpc) is 2.94. The van der Waals surface area contributed by atoms with E-state index < -0.39 is 0 Å². The highest BCUT2D eigenvalue weighted by Crippen LogP contribution is 2.30. The van der Waals surface area contributed by atoms with E-state index in [4.69, 9.17) is 15.0 Å². The fraction of sp³-hybridized carbons (Fsp3) is 0.100. The van der Waals surface area contributed by atoms with Gasteiger partial charge in [0.25, 0.3) is 0 Å². The minimum atomic E-state index is 0.725. The summed E-state index contributed by atoms with van der Waals surface area (Å²) >= 11 is 4.86. The van der Waals surface area contributed by atoms with E-state index in [1.807, 2.05) is 54.6 Å². The maximum Gasteiger partial charge on any atom is 0.192 e. The third kappa shape index (κ3) is 7.00. The lowest BCUT2D eigenvalue weighted by molar-refractivity contribution is 0.717. The molecule has 3 nitrogen and oxygen atoms in total. The molecule has 0 radical (unpaired) electrons. The molecule has 0 unspecified atom stereocenters. The maximum absolute atomic E-state index is 4.79. The van der Waals surface area contributed by atoms with Crippen molar-refractivity contribution < 1.29 is 0 Å². The zero-order chi connectivity index (χ0) is 25.2. The second-order valence-electron chi connectivity index (χ2n) is 7.76. The quantitative estimate of drug-likeness (QED) is 0.172. The number of hydrogen-bond donors (Lipinski definition) is 0. The number of benzene rings is 3. The molecular weight excluding hydrogens is 499 g/mol. The van der Waals surface area contributed by atoms with Crippen LogP contribution in [0.4, 0.5) is 0 Å². The molecule has 0 aliphatic heterocycles. The maximum atomic E-state index is 4.79. The first-order chi connectivity index (χ1) is 17.7. The number of nitrogens with zero attached hydrogens (tertiary/aromatic N) is 3. The van der Waals surface area contributed by atoms with Gasteiger partial charge in [0, 0.05) is 17.3 Å². The van der Waals surface area contributed by atoms with E-state index in [9.17, 15) is 0 Å². The smallest absolute Gasteiger partial charge is 0.192 e. The van der Waals surface area contributed by atoms with Gasteiger partial charge in [0.1, 0.15) is 0 Å². The Kier molecular flexibility index (Phi) is 9.61. The molecule has 1 heterocycles. The minimum Gasteiger partial charge on any atom is -0.196 e. The van der Waals surface area contributed by atoms with Crippen LogP contribution in [0, 0.1) is 0 Å². The Morgan fingerprint density at radius 3 is 1.03 bits per heavy atom. The van der Waals surface area contributed by atoms with E-state index in [1.165, 1.54) is 16.7 Å². The van der Waals surface area contributed by atoms with Crippen molar-refractivity contribution in [3.8, 4) is 0 Å². The lowest BCUT2D eigenvalue weighted by atomic mass is 10.1. The van der Waals surface area contributed by atoms with Crippen LogP contribution in [0.3, 0.4) is 0 Å². The first kappa shape index (κ1) is 26.0. The normalized spacial score (nSPS) is 10.7. The molecule has 0 spiro atoms. The van der Waals surface area contributed by atoms with Gasteiger partial charge < -0.3 is 0 Å². The lowest BCUT2D eigenvalue weighted by Crippen LogP contribution is -1.99. The monoisotopic (exact) mass is 525 g/mol. The van der Waals surface area contributed by atoms with Crippen LogP contribution in [0.1, 0.15) is 33.4 Å². The topological polar surface area (TPSA) is 38.7 Å². The van der Waals surface area contributed by atoms with Gasteiger partial charge in [0.15, 0.2) is 15.5 Å². The molecule has 3 aromatic carbocycles. The summed E-state index contributed by atoms with van der Waals surface area (Å²) in [6.45, 7) is 11.8. The molecule has 0 atom stereocenters. The van der Waals surface area contributed by atoms with E-state index in [-0.39, 0.29) is 0 Å². The second kappa shape index (κ2) is 13.3. The molecule has 4 aromatic rings. The van der Waals surface area contributed by atoms with Crippen molar-refractivity contribution in [1.82, 2.24) is 15.0 Å². The van der Waals surface area contributed by atoms with Crippen molar-refractivity contribution in [3.63, 3.8) is 0 Å². The Balaban J connectivity index is 1.56. The van der Waals surface area contributed by atoms with Gasteiger partial charge in [0.2, 0.25) is 0 Å². The first-order valence-corrected chi connectivity index (χ1v) is 14.4. The fourth-order valence-electron chi connectivity index (χ4n) is 3.54. The summed E-state index contributed by atoms with van der Waals surface area (Å²) in [5.74, 6) is 2.29. The standard InChI is InChI=1S/C30H27N3S3/c1-4-22-13-7-10-16-25(22)19-34-28-31-29(35-20-26-17-11-8-14-23(26)5-2)33-30(32-28)36-21-27-18-12-9-15-24(27)6-3/h4-18H,1-3,19-21H2. The molecule has 1 aromatic heterocycles. The fourth-order valence-corrected chi connectivity index (χ4v) is 6.26. The van der Waals surface area contributed by atoms with Gasteiger partial charge in [-0.25, -0.2) is 0 Å². The number of aromatic nitrogens is 3. The van der Waals surface area contributed by atoms with Crippen LogP contribution in [0.2, 0.25) is 0 Å². The van der Waals surface area contributed by atoms with Gasteiger partial charge in [-0.2, -0.15) is 15.0 Å². The summed E-state index contributed by atoms with van der Waals surface area (Å²) in [5.41, 5.74) is 7.02. The van der Waals surface area contributed by atoms with E-state index in [2.05, 4.69) is 56.1 Å². The molecule has 180 valence electrons. The molecule has 0 saturated heterocycles. The molecule has 36 heavy (non-hydrogen) atoms. The molecule has 0 N–H and O–H groups in total. The van der Waals surface area contributed by atoms with Gasteiger partial charge in [-0.05, 0) is 33.4 Å². The minimum absolute atomic E-state index is 0.725. The van der Waals surface area contributed by atoms with Crippen LogP contribution in [-0.2, 0) is 17.3 Å². The van der Waals surface area contributed by atoms with Crippen molar-refractivity contribution in [1.29, 1.82) is 0 Å². The summed E-state index contributed by atoms with van der Waals surface area (Å²) in [6.07, 6.45) is 5.67. The molecule has 0 saturated carbocycles. The molecule has 6 heteroatoms. The van der Waals surface area contributed by atoms with Gasteiger partial charge in [-0.15, -0.1) is 0 Å². The highest BCUT2D eigenvalue weighted by Gasteiger charge is 2.12. The number of hydrogen-bond acceptors (Lipinski definition) is 6. The molecule has 4 rings (SSSR count). The highest BCUT2D eigenvalue weighted by atomic mass is 32.2. The van der Waals surface area contributed by atoms with Crippen molar-refractivity contribution in [2.75, 3.05) is 0 Å². The Bertz CT molecular complexity index is 1190. The summed E-state index contributed by atoms with van der Waals surface area (Å²) < 4.78 is 0. The van der Waals surface area contributed by atoms with Crippen LogP contribution in [0.5, 0.6) is 0 Å². The largest absolute Gasteiger partial charge is 0.196 e. The number of rotatable bonds is 12. The third-order valence-corrected chi connectivity index (χ3v) is 8.16. The van der Waals surface area contributed by atoms with Crippen molar-refractivity contribution in [3.05, 3.63) is 126 Å². The van der Waals surface area contributed by atoms with Gasteiger partial charge in [-0.1, -0.05) is 146 Å². The molecule has 0 aliphatic rings. The predicted octanol–water partition coefficient (Wildman–Crippen LogP) is 8.68. The van der Waals surface area contributed by atoms with Crippen LogP contribution < -0.4 is 0 Å². The van der Waals surface area contributed by atoms with Gasteiger partial charge in [-0.3, -0.25) is 0 Å². The van der Waals surface area contributed by atoms with E-state index in [1.54, 1.807) is 35.3 Å². The number of thioether (sulfide) groups is 3. The zero-order valence-electron chi connectivity index (χ0n) is 20.0. The van der Waals surface area contributed by atoms with Gasteiger partial charge in [0.05, 0.1) is 0 Å². The van der Waals surface area contributed by atoms with Crippen LogP contribution in [-0.4, -0.2) is 15.0 Å². The zero-order valence-corrected chi connectivity index (χ0v) is 22.4. The molecular formula is C30H27N3S3. The van der Waals surface area contributed by atoms with Crippen LogP contribution >= 0.6 is 35.3 Å². The molecule has 0 aliphatic carbocycles. The second-order valence-corrected chi connectivity index (χ2v) is 10.6. The summed E-state index contributed by atoms with van der Waals surface area (Å²) in [6, 6.07) is 24.8. The van der Waals surface area contributed by atoms with Crippen LogP contribution in [0.15, 0.2) is 108 Å². The third-order valence-electron chi connectivity index (χ3n) is 5.47. The SMILES string of the molecule is C=Cc1ccccc1CSc1nc(SCc2ccccc2C=C)nc(SCc2ccccc2C=C)n1. The lowest BCUT2D eigenvalue weighted by Gasteiger charge is -2.10. The summed E-state index contributed by atoms with van der Waals surface area (Å²) in [5, 5.41) is 2.17. The van der Waals surface area contributed by atoms with Crippen molar-refractivity contribution >= 4 is 53.5 Å². The summed E-state index contributed by atoms with van der Waals surface area (Å²) in [4.78, 5) is 14.4. The average molecular weight is 526 g/mol. The first-order valence-electron chi connectivity index (χ1n) is 11.5. The molecule has 0 fully saturated rings. The summed E-state index contributed by atoms with van der Waals surface area (Å²) in [7, 11) is 0. The molecule has 0 bridgehead atoms. The van der Waals surface area contributed by atoms with E-state index in [0.717, 1.165) is 49.4 Å². The Hall–Kier alpha value is -3.06. The van der Waals surface area contributed by atoms with Crippen molar-refractivity contribution in [2.45, 2.75) is 32.7 Å². The van der Waals surface area contributed by atoms with E-state index in [0.29, 0.717) is 0 Å². The molecule has 0 amide bonds. The Morgan fingerprint density at radius 2 is 0.750 bits per heavy atom. The Labute approximate surface area is 226 Å². The van der Waals surface area contributed by atoms with Crippen LogP contribution in [0.25, 0.3) is 18.2 Å². The van der Waals surface area contributed by atoms with E-state index >= 15 is 0 Å². The van der Waals surface area contributed by atoms with Crippen molar-refractivity contribution in [2.24, 2.45) is 0 Å². The Morgan fingerprint density at radius 1 is 0.472 bits per heavy atom.